The van der Waals surface area contributed by atoms with E-state index in [0.717, 1.165) is 5.69 Å². The van der Waals surface area contributed by atoms with Crippen molar-refractivity contribution in [2.75, 3.05) is 17.7 Å². The Kier molecular flexibility index (Phi) is 3.72. The third-order valence-electron chi connectivity index (χ3n) is 2.82. The Morgan fingerprint density at radius 2 is 1.95 bits per heavy atom. The Balaban J connectivity index is 2.54. The fourth-order valence-electron chi connectivity index (χ4n) is 1.83. The van der Waals surface area contributed by atoms with Gasteiger partial charge in [-0.25, -0.2) is 4.39 Å². The third-order valence-corrected chi connectivity index (χ3v) is 3.42. The summed E-state index contributed by atoms with van der Waals surface area (Å²) < 4.78 is 13.7. The summed E-state index contributed by atoms with van der Waals surface area (Å²) >= 11 is 3.13. The summed E-state index contributed by atoms with van der Waals surface area (Å²) in [6.07, 6.45) is 0. The van der Waals surface area contributed by atoms with Gasteiger partial charge in [0.1, 0.15) is 11.9 Å². The Bertz CT molecular complexity index is 664. The molecule has 0 aliphatic carbocycles. The van der Waals surface area contributed by atoms with Crippen LogP contribution in [0.5, 0.6) is 0 Å². The molecule has 2 rings (SSSR count). The maximum Gasteiger partial charge on any atom is 0.139 e. The molecular weight excluding hydrogens is 309 g/mol. The minimum atomic E-state index is -0.414. The van der Waals surface area contributed by atoms with Crippen molar-refractivity contribution in [2.24, 2.45) is 0 Å². The predicted octanol–water partition coefficient (Wildman–Crippen LogP) is 3.81. The SMILES string of the molecule is CN(c1cc(Br)c(F)cc1N)c1ccccc1C#N. The minimum Gasteiger partial charge on any atom is -0.397 e. The van der Waals surface area contributed by atoms with Gasteiger partial charge in [0.2, 0.25) is 0 Å². The molecule has 0 unspecified atom stereocenters. The molecule has 96 valence electrons. The molecule has 0 aliphatic rings. The van der Waals surface area contributed by atoms with Crippen molar-refractivity contribution in [3.05, 3.63) is 52.3 Å². The second-order valence-electron chi connectivity index (χ2n) is 4.01. The molecule has 2 aromatic rings. The van der Waals surface area contributed by atoms with Crippen LogP contribution in [0.3, 0.4) is 0 Å². The quantitative estimate of drug-likeness (QED) is 0.856. The first-order chi connectivity index (χ1) is 9.04. The van der Waals surface area contributed by atoms with Gasteiger partial charge in [0.15, 0.2) is 0 Å². The Hall–Kier alpha value is -2.06. The van der Waals surface area contributed by atoms with Crippen molar-refractivity contribution in [2.45, 2.75) is 0 Å². The van der Waals surface area contributed by atoms with Crippen LogP contribution >= 0.6 is 15.9 Å². The second-order valence-corrected chi connectivity index (χ2v) is 4.87. The van der Waals surface area contributed by atoms with E-state index in [4.69, 9.17) is 11.0 Å². The molecule has 0 saturated carbocycles. The zero-order chi connectivity index (χ0) is 14.0. The molecule has 0 fully saturated rings. The van der Waals surface area contributed by atoms with Crippen molar-refractivity contribution in [3.8, 4) is 6.07 Å². The van der Waals surface area contributed by atoms with Crippen molar-refractivity contribution in [1.82, 2.24) is 0 Å². The van der Waals surface area contributed by atoms with E-state index in [-0.39, 0.29) is 0 Å². The number of rotatable bonds is 2. The van der Waals surface area contributed by atoms with Crippen molar-refractivity contribution in [1.29, 1.82) is 5.26 Å². The van der Waals surface area contributed by atoms with Gasteiger partial charge in [-0.2, -0.15) is 5.26 Å². The summed E-state index contributed by atoms with van der Waals surface area (Å²) in [7, 11) is 1.78. The third kappa shape index (κ3) is 2.54. The maximum atomic E-state index is 13.4. The molecule has 0 aliphatic heterocycles. The van der Waals surface area contributed by atoms with Crippen molar-refractivity contribution < 1.29 is 4.39 Å². The van der Waals surface area contributed by atoms with E-state index in [2.05, 4.69) is 22.0 Å². The van der Waals surface area contributed by atoms with Crippen LogP contribution in [0.4, 0.5) is 21.5 Å². The lowest BCUT2D eigenvalue weighted by atomic mass is 10.1. The number of para-hydroxylation sites is 1. The summed E-state index contributed by atoms with van der Waals surface area (Å²) in [5.74, 6) is -0.414. The van der Waals surface area contributed by atoms with E-state index >= 15 is 0 Å². The molecule has 0 bridgehead atoms. The number of anilines is 3. The molecule has 19 heavy (non-hydrogen) atoms. The fourth-order valence-corrected chi connectivity index (χ4v) is 2.16. The van der Waals surface area contributed by atoms with Crippen LogP contribution < -0.4 is 10.6 Å². The van der Waals surface area contributed by atoms with Gasteiger partial charge >= 0.3 is 0 Å². The highest BCUT2D eigenvalue weighted by atomic mass is 79.9. The summed E-state index contributed by atoms with van der Waals surface area (Å²) in [6, 6.07) is 12.1. The molecule has 0 saturated heterocycles. The number of halogens is 2. The van der Waals surface area contributed by atoms with Gasteiger partial charge in [-0.15, -0.1) is 0 Å². The normalized spacial score (nSPS) is 10.0. The first-order valence-corrected chi connectivity index (χ1v) is 6.31. The zero-order valence-corrected chi connectivity index (χ0v) is 11.8. The monoisotopic (exact) mass is 319 g/mol. The number of hydrogen-bond donors (Lipinski definition) is 1. The van der Waals surface area contributed by atoms with Crippen LogP contribution in [0, 0.1) is 17.1 Å². The van der Waals surface area contributed by atoms with Crippen LogP contribution in [0.1, 0.15) is 5.56 Å². The van der Waals surface area contributed by atoms with Crippen LogP contribution in [0.2, 0.25) is 0 Å². The summed E-state index contributed by atoms with van der Waals surface area (Å²) in [6.45, 7) is 0. The fraction of sp³-hybridized carbons (Fsp3) is 0.0714. The molecule has 0 atom stereocenters. The lowest BCUT2D eigenvalue weighted by Gasteiger charge is -2.22. The average Bonchev–Trinajstić information content (AvgIpc) is 2.42. The molecular formula is C14H11BrFN3. The van der Waals surface area contributed by atoms with Gasteiger partial charge in [-0.1, -0.05) is 12.1 Å². The van der Waals surface area contributed by atoms with E-state index in [1.165, 1.54) is 6.07 Å². The summed E-state index contributed by atoms with van der Waals surface area (Å²) in [4.78, 5) is 1.76. The number of nitriles is 1. The number of benzene rings is 2. The van der Waals surface area contributed by atoms with Gasteiger partial charge in [0.25, 0.3) is 0 Å². The highest BCUT2D eigenvalue weighted by Gasteiger charge is 2.13. The number of nitrogens with two attached hydrogens (primary N) is 1. The molecule has 5 heteroatoms. The largest absolute Gasteiger partial charge is 0.397 e. The predicted molar refractivity (Wildman–Crippen MR) is 77.7 cm³/mol. The zero-order valence-electron chi connectivity index (χ0n) is 10.2. The summed E-state index contributed by atoms with van der Waals surface area (Å²) in [5, 5.41) is 9.11. The minimum absolute atomic E-state index is 0.316. The van der Waals surface area contributed by atoms with Gasteiger partial charge in [0, 0.05) is 13.1 Å². The van der Waals surface area contributed by atoms with Gasteiger partial charge in [-0.3, -0.25) is 0 Å². The Labute approximate surface area is 119 Å². The second kappa shape index (κ2) is 5.29. The summed E-state index contributed by atoms with van der Waals surface area (Å²) in [5.41, 5.74) is 8.04. The number of nitrogens with zero attached hydrogens (tertiary/aromatic N) is 2. The van der Waals surface area contributed by atoms with Gasteiger partial charge in [-0.05, 0) is 34.1 Å². The topological polar surface area (TPSA) is 53.0 Å². The first-order valence-electron chi connectivity index (χ1n) is 5.52. The van der Waals surface area contributed by atoms with Crippen molar-refractivity contribution in [3.63, 3.8) is 0 Å². The molecule has 0 aromatic heterocycles. The molecule has 0 heterocycles. The average molecular weight is 320 g/mol. The molecule has 0 radical (unpaired) electrons. The van der Waals surface area contributed by atoms with Gasteiger partial charge in [0.05, 0.1) is 27.1 Å². The van der Waals surface area contributed by atoms with Crippen LogP contribution in [0.15, 0.2) is 40.9 Å². The Morgan fingerprint density at radius 1 is 1.26 bits per heavy atom. The van der Waals surface area contributed by atoms with E-state index in [1.807, 2.05) is 12.1 Å². The highest BCUT2D eigenvalue weighted by molar-refractivity contribution is 9.10. The lowest BCUT2D eigenvalue weighted by Crippen LogP contribution is -2.13. The lowest BCUT2D eigenvalue weighted by molar-refractivity contribution is 0.622. The standard InChI is InChI=1S/C14H11BrFN3/c1-19(13-5-3-2-4-9(13)8-17)14-6-10(15)11(16)7-12(14)18/h2-7H,18H2,1H3. The molecule has 0 spiro atoms. The van der Waals surface area contributed by atoms with Crippen molar-refractivity contribution >= 4 is 33.0 Å². The van der Waals surface area contributed by atoms with E-state index in [1.54, 1.807) is 30.1 Å². The highest BCUT2D eigenvalue weighted by Crippen LogP contribution is 2.34. The number of nitrogen functional groups attached to an aromatic ring is 1. The number of hydrogen-bond acceptors (Lipinski definition) is 3. The van der Waals surface area contributed by atoms with E-state index < -0.39 is 5.82 Å². The Morgan fingerprint density at radius 3 is 2.63 bits per heavy atom. The molecule has 2 aromatic carbocycles. The van der Waals surface area contributed by atoms with Crippen LogP contribution in [-0.4, -0.2) is 7.05 Å². The maximum absolute atomic E-state index is 13.4. The molecule has 3 nitrogen and oxygen atoms in total. The van der Waals surface area contributed by atoms with E-state index in [0.29, 0.717) is 21.4 Å². The molecule has 0 amide bonds. The van der Waals surface area contributed by atoms with Crippen LogP contribution in [0.25, 0.3) is 0 Å². The van der Waals surface area contributed by atoms with Gasteiger partial charge < -0.3 is 10.6 Å². The first kappa shape index (κ1) is 13.4. The van der Waals surface area contributed by atoms with Crippen LogP contribution in [-0.2, 0) is 0 Å². The smallest absolute Gasteiger partial charge is 0.139 e. The molecule has 2 N–H and O–H groups in total. The van der Waals surface area contributed by atoms with E-state index in [9.17, 15) is 4.39 Å².